The SMILES string of the molecule is COc1cccc(CCN2CCC(CCOc3ccc(OC)c(Cl)c3)CC2)c1. The fraction of sp³-hybridized carbons (Fsp3) is 0.478. The predicted octanol–water partition coefficient (Wildman–Crippen LogP) is 5.08. The van der Waals surface area contributed by atoms with Crippen LogP contribution in [0.15, 0.2) is 42.5 Å². The molecule has 1 aliphatic heterocycles. The number of likely N-dealkylation sites (tertiary alicyclic amines) is 1. The van der Waals surface area contributed by atoms with Crippen molar-refractivity contribution in [1.29, 1.82) is 0 Å². The van der Waals surface area contributed by atoms with Crippen molar-refractivity contribution in [2.24, 2.45) is 5.92 Å². The molecule has 5 heteroatoms. The highest BCUT2D eigenvalue weighted by Gasteiger charge is 2.19. The third-order valence-corrected chi connectivity index (χ3v) is 5.77. The highest BCUT2D eigenvalue weighted by molar-refractivity contribution is 6.32. The number of rotatable bonds is 9. The lowest BCUT2D eigenvalue weighted by molar-refractivity contribution is 0.164. The van der Waals surface area contributed by atoms with Gasteiger partial charge in [0.25, 0.3) is 0 Å². The fourth-order valence-electron chi connectivity index (χ4n) is 3.69. The first-order valence-electron chi connectivity index (χ1n) is 9.99. The van der Waals surface area contributed by atoms with Crippen LogP contribution >= 0.6 is 11.6 Å². The van der Waals surface area contributed by atoms with E-state index in [1.807, 2.05) is 24.3 Å². The molecule has 152 valence electrons. The van der Waals surface area contributed by atoms with Gasteiger partial charge in [0.1, 0.15) is 17.2 Å². The van der Waals surface area contributed by atoms with Gasteiger partial charge < -0.3 is 19.1 Å². The van der Waals surface area contributed by atoms with Gasteiger partial charge in [-0.05, 0) is 74.5 Å². The third kappa shape index (κ3) is 6.05. The van der Waals surface area contributed by atoms with Crippen LogP contribution in [-0.2, 0) is 6.42 Å². The molecule has 1 saturated heterocycles. The molecular weight excluding hydrogens is 374 g/mol. The summed E-state index contributed by atoms with van der Waals surface area (Å²) in [6.07, 6.45) is 4.65. The molecule has 0 atom stereocenters. The first kappa shape index (κ1) is 20.8. The van der Waals surface area contributed by atoms with E-state index in [1.54, 1.807) is 14.2 Å². The summed E-state index contributed by atoms with van der Waals surface area (Å²) >= 11 is 6.15. The van der Waals surface area contributed by atoms with E-state index >= 15 is 0 Å². The van der Waals surface area contributed by atoms with Gasteiger partial charge in [0.2, 0.25) is 0 Å². The van der Waals surface area contributed by atoms with Crippen molar-refractivity contribution in [3.8, 4) is 17.2 Å². The first-order chi connectivity index (χ1) is 13.7. The third-order valence-electron chi connectivity index (χ3n) is 5.48. The maximum Gasteiger partial charge on any atom is 0.137 e. The Labute approximate surface area is 173 Å². The van der Waals surface area contributed by atoms with Crippen LogP contribution in [0.1, 0.15) is 24.8 Å². The highest BCUT2D eigenvalue weighted by atomic mass is 35.5. The molecule has 2 aromatic carbocycles. The summed E-state index contributed by atoms with van der Waals surface area (Å²) in [6, 6.07) is 14.0. The van der Waals surface area contributed by atoms with E-state index in [4.69, 9.17) is 25.8 Å². The molecule has 0 bridgehead atoms. The molecule has 3 rings (SSSR count). The molecule has 0 unspecified atom stereocenters. The number of ether oxygens (including phenoxy) is 3. The molecule has 0 amide bonds. The van der Waals surface area contributed by atoms with E-state index < -0.39 is 0 Å². The Balaban J connectivity index is 1.34. The molecule has 0 aliphatic carbocycles. The Morgan fingerprint density at radius 3 is 2.54 bits per heavy atom. The standard InChI is InChI=1S/C23H30ClNO3/c1-26-20-5-3-4-19(16-20)10-14-25-12-8-18(9-13-25)11-15-28-21-6-7-23(27-2)22(24)17-21/h3-7,16-18H,8-15H2,1-2H3. The molecule has 0 radical (unpaired) electrons. The number of methoxy groups -OCH3 is 2. The second-order valence-corrected chi connectivity index (χ2v) is 7.73. The fourth-order valence-corrected chi connectivity index (χ4v) is 3.94. The van der Waals surface area contributed by atoms with Gasteiger partial charge in [0, 0.05) is 12.6 Å². The number of halogens is 1. The van der Waals surface area contributed by atoms with Gasteiger partial charge in [-0.3, -0.25) is 0 Å². The van der Waals surface area contributed by atoms with Crippen LogP contribution in [0.3, 0.4) is 0 Å². The average molecular weight is 404 g/mol. The quantitative estimate of drug-likeness (QED) is 0.584. The van der Waals surface area contributed by atoms with Crippen LogP contribution in [0.25, 0.3) is 0 Å². The van der Waals surface area contributed by atoms with Crippen LogP contribution in [0.4, 0.5) is 0 Å². The van der Waals surface area contributed by atoms with Gasteiger partial charge in [0.05, 0.1) is 25.8 Å². The Morgan fingerprint density at radius 2 is 1.82 bits per heavy atom. The molecule has 1 aliphatic rings. The maximum absolute atomic E-state index is 6.15. The molecule has 2 aromatic rings. The lowest BCUT2D eigenvalue weighted by Gasteiger charge is -2.32. The van der Waals surface area contributed by atoms with E-state index in [9.17, 15) is 0 Å². The second-order valence-electron chi connectivity index (χ2n) is 7.32. The molecule has 0 spiro atoms. The summed E-state index contributed by atoms with van der Waals surface area (Å²) in [5.74, 6) is 3.16. The van der Waals surface area contributed by atoms with Gasteiger partial charge in [-0.1, -0.05) is 23.7 Å². The summed E-state index contributed by atoms with van der Waals surface area (Å²) in [5, 5.41) is 0.587. The van der Waals surface area contributed by atoms with Crippen molar-refractivity contribution < 1.29 is 14.2 Å². The van der Waals surface area contributed by atoms with Crippen molar-refractivity contribution in [3.63, 3.8) is 0 Å². The zero-order valence-electron chi connectivity index (χ0n) is 16.8. The summed E-state index contributed by atoms with van der Waals surface area (Å²) in [5.41, 5.74) is 1.34. The smallest absolute Gasteiger partial charge is 0.137 e. The van der Waals surface area contributed by atoms with Gasteiger partial charge in [-0.15, -0.1) is 0 Å². The minimum absolute atomic E-state index is 0.587. The van der Waals surface area contributed by atoms with E-state index in [-0.39, 0.29) is 0 Å². The minimum atomic E-state index is 0.587. The summed E-state index contributed by atoms with van der Waals surface area (Å²) in [4.78, 5) is 2.57. The van der Waals surface area contributed by atoms with Gasteiger partial charge in [-0.2, -0.15) is 0 Å². The van der Waals surface area contributed by atoms with Crippen molar-refractivity contribution in [2.45, 2.75) is 25.7 Å². The van der Waals surface area contributed by atoms with Gasteiger partial charge >= 0.3 is 0 Å². The Hall–Kier alpha value is -1.91. The van der Waals surface area contributed by atoms with E-state index in [0.717, 1.165) is 43.4 Å². The molecular formula is C23H30ClNO3. The zero-order chi connectivity index (χ0) is 19.8. The van der Waals surface area contributed by atoms with E-state index in [2.05, 4.69) is 23.1 Å². The summed E-state index contributed by atoms with van der Waals surface area (Å²) in [7, 11) is 3.33. The normalized spacial score (nSPS) is 15.4. The Kier molecular flexibility index (Phi) is 7.87. The maximum atomic E-state index is 6.15. The van der Waals surface area contributed by atoms with Gasteiger partial charge in [0.15, 0.2) is 0 Å². The molecule has 28 heavy (non-hydrogen) atoms. The van der Waals surface area contributed by atoms with Crippen LogP contribution < -0.4 is 14.2 Å². The lowest BCUT2D eigenvalue weighted by atomic mass is 9.93. The number of hydrogen-bond donors (Lipinski definition) is 0. The lowest BCUT2D eigenvalue weighted by Crippen LogP contribution is -2.35. The largest absolute Gasteiger partial charge is 0.497 e. The van der Waals surface area contributed by atoms with Crippen molar-refractivity contribution in [2.75, 3.05) is 40.5 Å². The van der Waals surface area contributed by atoms with E-state index in [0.29, 0.717) is 10.8 Å². The molecule has 4 nitrogen and oxygen atoms in total. The zero-order valence-corrected chi connectivity index (χ0v) is 17.6. The topological polar surface area (TPSA) is 30.9 Å². The minimum Gasteiger partial charge on any atom is -0.497 e. The molecule has 0 saturated carbocycles. The molecule has 1 heterocycles. The summed E-state index contributed by atoms with van der Waals surface area (Å²) in [6.45, 7) is 4.18. The molecule has 0 aromatic heterocycles. The number of nitrogens with zero attached hydrogens (tertiary/aromatic N) is 1. The molecule has 0 N–H and O–H groups in total. The highest BCUT2D eigenvalue weighted by Crippen LogP contribution is 2.29. The van der Waals surface area contributed by atoms with Crippen LogP contribution in [0, 0.1) is 5.92 Å². The van der Waals surface area contributed by atoms with Crippen LogP contribution in [0.5, 0.6) is 17.2 Å². The number of benzene rings is 2. The predicted molar refractivity (Wildman–Crippen MR) is 114 cm³/mol. The van der Waals surface area contributed by atoms with Crippen LogP contribution in [0.2, 0.25) is 5.02 Å². The van der Waals surface area contributed by atoms with Gasteiger partial charge in [-0.25, -0.2) is 0 Å². The molecule has 1 fully saturated rings. The number of hydrogen-bond acceptors (Lipinski definition) is 4. The number of piperidine rings is 1. The Bertz CT molecular complexity index is 744. The van der Waals surface area contributed by atoms with Crippen molar-refractivity contribution in [1.82, 2.24) is 4.90 Å². The van der Waals surface area contributed by atoms with E-state index in [1.165, 1.54) is 31.5 Å². The first-order valence-corrected chi connectivity index (χ1v) is 10.4. The monoisotopic (exact) mass is 403 g/mol. The van der Waals surface area contributed by atoms with Crippen molar-refractivity contribution >= 4 is 11.6 Å². The van der Waals surface area contributed by atoms with Crippen molar-refractivity contribution in [3.05, 3.63) is 53.1 Å². The average Bonchev–Trinajstić information content (AvgIpc) is 2.73. The summed E-state index contributed by atoms with van der Waals surface area (Å²) < 4.78 is 16.4. The second kappa shape index (κ2) is 10.6. The van der Waals surface area contributed by atoms with Crippen LogP contribution in [-0.4, -0.2) is 45.4 Å². The Morgan fingerprint density at radius 1 is 1.00 bits per heavy atom.